The molecule has 21 heavy (non-hydrogen) atoms. The second-order valence-electron chi connectivity index (χ2n) is 5.62. The fourth-order valence-corrected chi connectivity index (χ4v) is 4.46. The predicted octanol–water partition coefficient (Wildman–Crippen LogP) is 4.40. The topological polar surface area (TPSA) is 35.2 Å². The smallest absolute Gasteiger partial charge is 0.122 e. The van der Waals surface area contributed by atoms with Crippen LogP contribution in [0.15, 0.2) is 29.6 Å². The van der Waals surface area contributed by atoms with Gasteiger partial charge in [0.2, 0.25) is 0 Å². The molecular weight excluding hydrogens is 302 g/mol. The van der Waals surface area contributed by atoms with Gasteiger partial charge >= 0.3 is 0 Å². The first-order valence-electron chi connectivity index (χ1n) is 7.33. The van der Waals surface area contributed by atoms with Gasteiger partial charge in [-0.05, 0) is 66.5 Å². The van der Waals surface area contributed by atoms with Crippen LogP contribution < -0.4 is 10.5 Å². The SMILES string of the molecule is COc1ccc(Cl)cc1CC(N)C1CCCc2sccc21. The molecule has 1 heterocycles. The number of hydrogen-bond acceptors (Lipinski definition) is 3. The normalized spacial score (nSPS) is 19.1. The van der Waals surface area contributed by atoms with Crippen LogP contribution in [0.5, 0.6) is 5.75 Å². The fraction of sp³-hybridized carbons (Fsp3) is 0.412. The number of thiophene rings is 1. The van der Waals surface area contributed by atoms with E-state index in [-0.39, 0.29) is 6.04 Å². The first-order chi connectivity index (χ1) is 10.2. The Labute approximate surface area is 134 Å². The maximum absolute atomic E-state index is 6.53. The van der Waals surface area contributed by atoms with Gasteiger partial charge in [-0.25, -0.2) is 0 Å². The Hall–Kier alpha value is -1.03. The van der Waals surface area contributed by atoms with Crippen LogP contribution in [-0.4, -0.2) is 13.2 Å². The van der Waals surface area contributed by atoms with Crippen molar-refractivity contribution in [3.63, 3.8) is 0 Å². The van der Waals surface area contributed by atoms with Crippen LogP contribution in [0.3, 0.4) is 0 Å². The number of aryl methyl sites for hydroxylation is 1. The van der Waals surface area contributed by atoms with Crippen molar-refractivity contribution in [2.24, 2.45) is 5.73 Å². The number of rotatable bonds is 4. The van der Waals surface area contributed by atoms with Gasteiger partial charge in [0.1, 0.15) is 5.75 Å². The molecule has 0 spiro atoms. The van der Waals surface area contributed by atoms with E-state index in [1.54, 1.807) is 7.11 Å². The summed E-state index contributed by atoms with van der Waals surface area (Å²) in [6, 6.07) is 8.09. The lowest BCUT2D eigenvalue weighted by Crippen LogP contribution is -2.32. The molecule has 0 aliphatic heterocycles. The van der Waals surface area contributed by atoms with Crippen molar-refractivity contribution in [1.29, 1.82) is 0 Å². The molecule has 0 saturated heterocycles. The highest BCUT2D eigenvalue weighted by atomic mass is 35.5. The summed E-state index contributed by atoms with van der Waals surface area (Å²) in [5.74, 6) is 1.32. The highest BCUT2D eigenvalue weighted by Crippen LogP contribution is 2.38. The standard InChI is InChI=1S/C17H20ClNOS/c1-20-16-6-5-12(18)9-11(16)10-15(19)13-3-2-4-17-14(13)7-8-21-17/h5-9,13,15H,2-4,10,19H2,1H3. The molecule has 1 aliphatic carbocycles. The Morgan fingerprint density at radius 1 is 1.43 bits per heavy atom. The third-order valence-corrected chi connectivity index (χ3v) is 5.54. The van der Waals surface area contributed by atoms with Crippen molar-refractivity contribution < 1.29 is 4.74 Å². The van der Waals surface area contributed by atoms with Gasteiger partial charge in [-0.2, -0.15) is 0 Å². The molecule has 0 amide bonds. The lowest BCUT2D eigenvalue weighted by Gasteiger charge is -2.28. The van der Waals surface area contributed by atoms with Crippen molar-refractivity contribution in [3.8, 4) is 5.75 Å². The monoisotopic (exact) mass is 321 g/mol. The Bertz CT molecular complexity index is 625. The van der Waals surface area contributed by atoms with Crippen LogP contribution in [0.2, 0.25) is 5.02 Å². The highest BCUT2D eigenvalue weighted by Gasteiger charge is 2.27. The number of fused-ring (bicyclic) bond motifs is 1. The Balaban J connectivity index is 1.82. The lowest BCUT2D eigenvalue weighted by molar-refractivity contribution is 0.402. The second kappa shape index (κ2) is 6.39. The molecular formula is C17H20ClNOS. The third-order valence-electron chi connectivity index (χ3n) is 4.31. The lowest BCUT2D eigenvalue weighted by atomic mass is 9.80. The maximum Gasteiger partial charge on any atom is 0.122 e. The fourth-order valence-electron chi connectivity index (χ4n) is 3.27. The number of hydrogen-bond donors (Lipinski definition) is 1. The summed E-state index contributed by atoms with van der Waals surface area (Å²) in [7, 11) is 1.69. The third kappa shape index (κ3) is 3.10. The summed E-state index contributed by atoms with van der Waals surface area (Å²) in [6.07, 6.45) is 4.41. The molecule has 1 aliphatic rings. The van der Waals surface area contributed by atoms with E-state index in [1.165, 1.54) is 29.7 Å². The molecule has 2 atom stereocenters. The van der Waals surface area contributed by atoms with Crippen LogP contribution in [0.1, 0.15) is 34.8 Å². The van der Waals surface area contributed by atoms with Gasteiger partial charge in [0.25, 0.3) is 0 Å². The minimum atomic E-state index is 0.103. The van der Waals surface area contributed by atoms with Crippen molar-refractivity contribution in [2.45, 2.75) is 37.6 Å². The van der Waals surface area contributed by atoms with Crippen molar-refractivity contribution >= 4 is 22.9 Å². The largest absolute Gasteiger partial charge is 0.496 e. The summed E-state index contributed by atoms with van der Waals surface area (Å²) < 4.78 is 5.43. The molecule has 0 radical (unpaired) electrons. The van der Waals surface area contributed by atoms with E-state index in [0.717, 1.165) is 22.8 Å². The van der Waals surface area contributed by atoms with Gasteiger partial charge in [0.05, 0.1) is 7.11 Å². The Morgan fingerprint density at radius 3 is 3.10 bits per heavy atom. The quantitative estimate of drug-likeness (QED) is 0.905. The van der Waals surface area contributed by atoms with Crippen LogP contribution >= 0.6 is 22.9 Å². The molecule has 2 unspecified atom stereocenters. The van der Waals surface area contributed by atoms with Crippen molar-refractivity contribution in [2.75, 3.05) is 7.11 Å². The minimum Gasteiger partial charge on any atom is -0.496 e. The van der Waals surface area contributed by atoms with Crippen LogP contribution in [0.4, 0.5) is 0 Å². The van der Waals surface area contributed by atoms with E-state index in [0.29, 0.717) is 5.92 Å². The average Bonchev–Trinajstić information content (AvgIpc) is 2.95. The number of benzene rings is 1. The molecule has 3 rings (SSSR count). The van der Waals surface area contributed by atoms with Crippen LogP contribution in [0, 0.1) is 0 Å². The zero-order chi connectivity index (χ0) is 14.8. The zero-order valence-corrected chi connectivity index (χ0v) is 13.7. The summed E-state index contributed by atoms with van der Waals surface area (Å²) in [6.45, 7) is 0. The maximum atomic E-state index is 6.53. The van der Waals surface area contributed by atoms with Gasteiger partial charge < -0.3 is 10.5 Å². The molecule has 2 nitrogen and oxygen atoms in total. The van der Waals surface area contributed by atoms with Gasteiger partial charge in [0.15, 0.2) is 0 Å². The molecule has 0 saturated carbocycles. The molecule has 0 fully saturated rings. The number of methoxy groups -OCH3 is 1. The first kappa shape index (κ1) is 14.9. The first-order valence-corrected chi connectivity index (χ1v) is 8.59. The summed E-state index contributed by atoms with van der Waals surface area (Å²) >= 11 is 7.97. The van der Waals surface area contributed by atoms with Crippen LogP contribution in [-0.2, 0) is 12.8 Å². The van der Waals surface area contributed by atoms with E-state index in [4.69, 9.17) is 22.1 Å². The Morgan fingerprint density at radius 2 is 2.29 bits per heavy atom. The summed E-state index contributed by atoms with van der Waals surface area (Å²) in [5, 5.41) is 2.92. The number of halogens is 1. The molecule has 4 heteroatoms. The van der Waals surface area contributed by atoms with E-state index < -0.39 is 0 Å². The summed E-state index contributed by atoms with van der Waals surface area (Å²) in [4.78, 5) is 1.51. The van der Waals surface area contributed by atoms with Crippen LogP contribution in [0.25, 0.3) is 0 Å². The van der Waals surface area contributed by atoms with Gasteiger partial charge in [-0.3, -0.25) is 0 Å². The molecule has 2 aromatic rings. The number of nitrogens with two attached hydrogens (primary N) is 1. The van der Waals surface area contributed by atoms with E-state index in [1.807, 2.05) is 29.5 Å². The molecule has 1 aromatic heterocycles. The van der Waals surface area contributed by atoms with Gasteiger partial charge in [-0.1, -0.05) is 11.6 Å². The predicted molar refractivity (Wildman–Crippen MR) is 89.7 cm³/mol. The average molecular weight is 322 g/mol. The van der Waals surface area contributed by atoms with Crippen molar-refractivity contribution in [1.82, 2.24) is 0 Å². The molecule has 112 valence electrons. The van der Waals surface area contributed by atoms with Gasteiger partial charge in [-0.15, -0.1) is 11.3 Å². The van der Waals surface area contributed by atoms with E-state index >= 15 is 0 Å². The molecule has 2 N–H and O–H groups in total. The second-order valence-corrected chi connectivity index (χ2v) is 7.06. The molecule has 1 aromatic carbocycles. The Kier molecular flexibility index (Phi) is 4.53. The number of ether oxygens (including phenoxy) is 1. The zero-order valence-electron chi connectivity index (χ0n) is 12.1. The minimum absolute atomic E-state index is 0.103. The van der Waals surface area contributed by atoms with E-state index in [2.05, 4.69) is 11.4 Å². The highest BCUT2D eigenvalue weighted by molar-refractivity contribution is 7.10. The van der Waals surface area contributed by atoms with Crippen molar-refractivity contribution in [3.05, 3.63) is 50.7 Å². The summed E-state index contributed by atoms with van der Waals surface area (Å²) in [5.41, 5.74) is 9.09. The van der Waals surface area contributed by atoms with E-state index in [9.17, 15) is 0 Å². The van der Waals surface area contributed by atoms with Gasteiger partial charge in [0, 0.05) is 21.9 Å². The molecule has 0 bridgehead atoms.